The molecular weight excluding hydrogens is 230 g/mol. The largest absolute Gasteiger partial charge is 0.468 e. The highest BCUT2D eigenvalue weighted by molar-refractivity contribution is 5.97. The standard InChI is InChI=1S/C12H12F2O3/c1-7(15)10(12(16)17-2)5-8-3-4-9(13)6-11(8)14/h3-4,6,10H,5H2,1-2H3. The molecule has 0 saturated carbocycles. The molecule has 0 aliphatic rings. The quantitative estimate of drug-likeness (QED) is 0.598. The number of hydrogen-bond acceptors (Lipinski definition) is 3. The molecule has 17 heavy (non-hydrogen) atoms. The van der Waals surface area contributed by atoms with E-state index in [1.807, 2.05) is 0 Å². The van der Waals surface area contributed by atoms with Crippen LogP contribution in [0.4, 0.5) is 8.78 Å². The minimum absolute atomic E-state index is 0.108. The minimum atomic E-state index is -1.06. The van der Waals surface area contributed by atoms with E-state index in [0.29, 0.717) is 6.07 Å². The van der Waals surface area contributed by atoms with Gasteiger partial charge in [0.15, 0.2) is 0 Å². The summed E-state index contributed by atoms with van der Waals surface area (Å²) in [7, 11) is 1.15. The van der Waals surface area contributed by atoms with E-state index in [2.05, 4.69) is 4.74 Å². The smallest absolute Gasteiger partial charge is 0.316 e. The zero-order valence-corrected chi connectivity index (χ0v) is 9.50. The van der Waals surface area contributed by atoms with Gasteiger partial charge in [0, 0.05) is 6.07 Å². The number of benzene rings is 1. The summed E-state index contributed by atoms with van der Waals surface area (Å²) in [5.74, 6) is -3.68. The van der Waals surface area contributed by atoms with E-state index >= 15 is 0 Å². The lowest BCUT2D eigenvalue weighted by Crippen LogP contribution is -2.25. The first kappa shape index (κ1) is 13.3. The Morgan fingerprint density at radius 1 is 1.35 bits per heavy atom. The van der Waals surface area contributed by atoms with Gasteiger partial charge in [0.2, 0.25) is 0 Å². The number of halogens is 2. The topological polar surface area (TPSA) is 43.4 Å². The Morgan fingerprint density at radius 2 is 2.00 bits per heavy atom. The predicted octanol–water partition coefficient (Wildman–Crippen LogP) is 1.89. The maximum Gasteiger partial charge on any atom is 0.316 e. The summed E-state index contributed by atoms with van der Waals surface area (Å²) in [5.41, 5.74) is 0.108. The number of methoxy groups -OCH3 is 1. The molecule has 0 aliphatic carbocycles. The highest BCUT2D eigenvalue weighted by Gasteiger charge is 2.25. The van der Waals surface area contributed by atoms with Crippen LogP contribution in [0, 0.1) is 17.6 Å². The van der Waals surface area contributed by atoms with Crippen molar-refractivity contribution in [2.45, 2.75) is 13.3 Å². The average molecular weight is 242 g/mol. The monoisotopic (exact) mass is 242 g/mol. The third kappa shape index (κ3) is 3.34. The van der Waals surface area contributed by atoms with Crippen molar-refractivity contribution in [3.8, 4) is 0 Å². The van der Waals surface area contributed by atoms with E-state index in [1.165, 1.54) is 13.0 Å². The van der Waals surface area contributed by atoms with Gasteiger partial charge in [0.05, 0.1) is 7.11 Å². The van der Waals surface area contributed by atoms with E-state index < -0.39 is 29.3 Å². The molecule has 92 valence electrons. The lowest BCUT2D eigenvalue weighted by Gasteiger charge is -2.11. The number of carbonyl (C=O) groups excluding carboxylic acids is 2. The number of ketones is 1. The molecule has 0 bridgehead atoms. The summed E-state index contributed by atoms with van der Waals surface area (Å²) in [6.07, 6.45) is -0.131. The van der Waals surface area contributed by atoms with Gasteiger partial charge in [-0.2, -0.15) is 0 Å². The molecule has 0 radical (unpaired) electrons. The van der Waals surface area contributed by atoms with Crippen LogP contribution in [0.5, 0.6) is 0 Å². The summed E-state index contributed by atoms with van der Waals surface area (Å²) in [5, 5.41) is 0. The Labute approximate surface area is 97.4 Å². The molecule has 0 heterocycles. The fourth-order valence-corrected chi connectivity index (χ4v) is 1.44. The molecule has 1 atom stereocenters. The summed E-state index contributed by atoms with van der Waals surface area (Å²) in [4.78, 5) is 22.5. The van der Waals surface area contributed by atoms with Gasteiger partial charge in [-0.05, 0) is 25.0 Å². The number of esters is 1. The molecule has 0 aromatic heterocycles. The van der Waals surface area contributed by atoms with Crippen LogP contribution in [-0.4, -0.2) is 18.9 Å². The Morgan fingerprint density at radius 3 is 2.47 bits per heavy atom. The van der Waals surface area contributed by atoms with Crippen LogP contribution in [-0.2, 0) is 20.7 Å². The van der Waals surface area contributed by atoms with Crippen molar-refractivity contribution in [2.24, 2.45) is 5.92 Å². The maximum absolute atomic E-state index is 13.3. The van der Waals surface area contributed by atoms with Crippen molar-refractivity contribution in [3.63, 3.8) is 0 Å². The Bertz CT molecular complexity index is 443. The van der Waals surface area contributed by atoms with E-state index in [4.69, 9.17) is 0 Å². The number of ether oxygens (including phenoxy) is 1. The second-order valence-corrected chi connectivity index (χ2v) is 3.63. The fourth-order valence-electron chi connectivity index (χ4n) is 1.44. The van der Waals surface area contributed by atoms with Crippen LogP contribution in [0.1, 0.15) is 12.5 Å². The van der Waals surface area contributed by atoms with Crippen molar-refractivity contribution < 1.29 is 23.1 Å². The van der Waals surface area contributed by atoms with Crippen LogP contribution in [0.15, 0.2) is 18.2 Å². The van der Waals surface area contributed by atoms with Gasteiger partial charge in [-0.1, -0.05) is 6.07 Å². The van der Waals surface area contributed by atoms with Crippen LogP contribution in [0.25, 0.3) is 0 Å². The third-order valence-corrected chi connectivity index (χ3v) is 2.42. The summed E-state index contributed by atoms with van der Waals surface area (Å²) in [6.45, 7) is 1.23. The van der Waals surface area contributed by atoms with Crippen molar-refractivity contribution in [1.82, 2.24) is 0 Å². The molecule has 0 saturated heterocycles. The van der Waals surface area contributed by atoms with Crippen molar-refractivity contribution >= 4 is 11.8 Å². The zero-order chi connectivity index (χ0) is 13.0. The van der Waals surface area contributed by atoms with Gasteiger partial charge in [-0.15, -0.1) is 0 Å². The van der Waals surface area contributed by atoms with E-state index in [9.17, 15) is 18.4 Å². The molecule has 0 amide bonds. The minimum Gasteiger partial charge on any atom is -0.468 e. The van der Waals surface area contributed by atoms with Crippen LogP contribution in [0.2, 0.25) is 0 Å². The zero-order valence-electron chi connectivity index (χ0n) is 9.50. The molecule has 0 fully saturated rings. The molecule has 0 aliphatic heterocycles. The average Bonchev–Trinajstić information content (AvgIpc) is 2.26. The molecule has 0 spiro atoms. The number of rotatable bonds is 4. The number of Topliss-reactive ketones (excluding diaryl/α,β-unsaturated/α-hetero) is 1. The van der Waals surface area contributed by atoms with Gasteiger partial charge in [-0.3, -0.25) is 9.59 Å². The highest BCUT2D eigenvalue weighted by atomic mass is 19.1. The third-order valence-electron chi connectivity index (χ3n) is 2.42. The van der Waals surface area contributed by atoms with Gasteiger partial charge in [0.25, 0.3) is 0 Å². The Hall–Kier alpha value is -1.78. The van der Waals surface area contributed by atoms with Gasteiger partial charge >= 0.3 is 5.97 Å². The molecular formula is C12H12F2O3. The number of hydrogen-bond donors (Lipinski definition) is 0. The molecule has 1 rings (SSSR count). The molecule has 1 aromatic carbocycles. The summed E-state index contributed by atoms with van der Waals surface area (Å²) < 4.78 is 30.5. The summed E-state index contributed by atoms with van der Waals surface area (Å²) in [6, 6.07) is 3.00. The SMILES string of the molecule is COC(=O)C(Cc1ccc(F)cc1F)C(C)=O. The highest BCUT2D eigenvalue weighted by Crippen LogP contribution is 2.16. The van der Waals surface area contributed by atoms with Gasteiger partial charge in [0.1, 0.15) is 23.3 Å². The second kappa shape index (κ2) is 5.52. The van der Waals surface area contributed by atoms with Crippen molar-refractivity contribution in [3.05, 3.63) is 35.4 Å². The Balaban J connectivity index is 2.94. The van der Waals surface area contributed by atoms with Crippen LogP contribution in [0.3, 0.4) is 0 Å². The molecule has 0 N–H and O–H groups in total. The predicted molar refractivity (Wildman–Crippen MR) is 56.2 cm³/mol. The van der Waals surface area contributed by atoms with Crippen LogP contribution < -0.4 is 0 Å². The second-order valence-electron chi connectivity index (χ2n) is 3.63. The van der Waals surface area contributed by atoms with E-state index in [0.717, 1.165) is 13.2 Å². The van der Waals surface area contributed by atoms with E-state index in [-0.39, 0.29) is 12.0 Å². The molecule has 1 aromatic rings. The first-order valence-corrected chi connectivity index (χ1v) is 4.98. The van der Waals surface area contributed by atoms with Crippen molar-refractivity contribution in [2.75, 3.05) is 7.11 Å². The van der Waals surface area contributed by atoms with Crippen LogP contribution >= 0.6 is 0 Å². The normalized spacial score (nSPS) is 12.0. The molecule has 1 unspecified atom stereocenters. The van der Waals surface area contributed by atoms with Gasteiger partial charge < -0.3 is 4.74 Å². The number of carbonyl (C=O) groups is 2. The summed E-state index contributed by atoms with van der Waals surface area (Å²) >= 11 is 0. The first-order valence-electron chi connectivity index (χ1n) is 4.98. The fraction of sp³-hybridized carbons (Fsp3) is 0.333. The maximum atomic E-state index is 13.3. The van der Waals surface area contributed by atoms with Crippen molar-refractivity contribution in [1.29, 1.82) is 0 Å². The Kier molecular flexibility index (Phi) is 4.31. The van der Waals surface area contributed by atoms with Gasteiger partial charge in [-0.25, -0.2) is 8.78 Å². The van der Waals surface area contributed by atoms with E-state index in [1.54, 1.807) is 0 Å². The first-order chi connectivity index (χ1) is 7.95. The molecule has 3 nitrogen and oxygen atoms in total. The lowest BCUT2D eigenvalue weighted by molar-refractivity contribution is -0.148. The molecule has 5 heteroatoms. The lowest BCUT2D eigenvalue weighted by atomic mass is 9.95.